The smallest absolute Gasteiger partial charge is 0.383 e. The molecule has 0 aliphatic heterocycles. The molecule has 78 valence electrons. The highest BCUT2D eigenvalue weighted by Crippen LogP contribution is 2.26. The van der Waals surface area contributed by atoms with E-state index in [0.717, 1.165) is 16.7 Å². The van der Waals surface area contributed by atoms with Crippen molar-refractivity contribution in [1.82, 2.24) is 0 Å². The summed E-state index contributed by atoms with van der Waals surface area (Å²) in [4.78, 5) is 0.718. The molecule has 0 saturated carbocycles. The van der Waals surface area contributed by atoms with Gasteiger partial charge in [0.2, 0.25) is 0 Å². The van der Waals surface area contributed by atoms with E-state index < -0.39 is 12.3 Å². The number of rotatable bonds is 3. The summed E-state index contributed by atoms with van der Waals surface area (Å²) in [5, 5.41) is 8.70. The minimum absolute atomic E-state index is 0.368. The zero-order valence-corrected chi connectivity index (χ0v) is 7.98. The second-order valence-corrected chi connectivity index (χ2v) is 3.77. The van der Waals surface area contributed by atoms with Crippen LogP contribution >= 0.6 is 11.8 Å². The van der Waals surface area contributed by atoms with Crippen LogP contribution in [0.25, 0.3) is 0 Å². The Bertz CT molecular complexity index is 273. The van der Waals surface area contributed by atoms with Crippen molar-refractivity contribution in [3.8, 4) is 0 Å². The van der Waals surface area contributed by atoms with Crippen LogP contribution in [0.5, 0.6) is 0 Å². The lowest BCUT2D eigenvalue weighted by molar-refractivity contribution is -0.195. The molecular weight excluding hydrogens is 213 g/mol. The van der Waals surface area contributed by atoms with E-state index in [9.17, 15) is 13.2 Å². The minimum atomic E-state index is -4.53. The number of aliphatic hydroxyl groups is 1. The standard InChI is InChI=1S/C9H9F3OS/c10-9(11,12)8(13)6-14-7-4-2-1-3-5-7/h1-5,8,13H,6H2. The molecule has 0 bridgehead atoms. The van der Waals surface area contributed by atoms with Gasteiger partial charge in [-0.2, -0.15) is 13.2 Å². The van der Waals surface area contributed by atoms with Gasteiger partial charge >= 0.3 is 6.18 Å². The fourth-order valence-electron chi connectivity index (χ4n) is 0.786. The molecule has 5 heteroatoms. The van der Waals surface area contributed by atoms with Crippen molar-refractivity contribution in [2.45, 2.75) is 17.2 Å². The van der Waals surface area contributed by atoms with Gasteiger partial charge in [0.05, 0.1) is 0 Å². The third-order valence-electron chi connectivity index (χ3n) is 1.53. The van der Waals surface area contributed by atoms with Crippen LogP contribution in [0.15, 0.2) is 35.2 Å². The number of hydrogen-bond acceptors (Lipinski definition) is 2. The van der Waals surface area contributed by atoms with Crippen molar-refractivity contribution >= 4 is 11.8 Å². The normalized spacial score (nSPS) is 14.0. The first-order valence-corrected chi connectivity index (χ1v) is 4.91. The van der Waals surface area contributed by atoms with E-state index in [1.54, 1.807) is 30.3 Å². The Labute approximate surface area is 83.9 Å². The van der Waals surface area contributed by atoms with Crippen molar-refractivity contribution in [3.63, 3.8) is 0 Å². The first kappa shape index (κ1) is 11.4. The fraction of sp³-hybridized carbons (Fsp3) is 0.333. The SMILES string of the molecule is OC(CSc1ccccc1)C(F)(F)F. The topological polar surface area (TPSA) is 20.2 Å². The highest BCUT2D eigenvalue weighted by atomic mass is 32.2. The molecule has 0 aliphatic rings. The van der Waals surface area contributed by atoms with Crippen molar-refractivity contribution < 1.29 is 18.3 Å². The summed E-state index contributed by atoms with van der Waals surface area (Å²) in [5.41, 5.74) is 0. The summed E-state index contributed by atoms with van der Waals surface area (Å²) in [6.45, 7) is 0. The molecule has 1 atom stereocenters. The summed E-state index contributed by atoms with van der Waals surface area (Å²) in [6.07, 6.45) is -6.78. The molecule has 0 amide bonds. The number of benzene rings is 1. The molecule has 0 fully saturated rings. The van der Waals surface area contributed by atoms with Gasteiger partial charge < -0.3 is 5.11 Å². The molecular formula is C9H9F3OS. The molecule has 1 aromatic carbocycles. The summed E-state index contributed by atoms with van der Waals surface area (Å²) in [5.74, 6) is -0.368. The molecule has 0 aromatic heterocycles. The van der Waals surface area contributed by atoms with Gasteiger partial charge in [0, 0.05) is 10.6 Å². The van der Waals surface area contributed by atoms with E-state index in [0.29, 0.717) is 0 Å². The molecule has 0 heterocycles. The molecule has 0 spiro atoms. The molecule has 1 unspecified atom stereocenters. The maximum atomic E-state index is 11.9. The Morgan fingerprint density at radius 3 is 2.29 bits per heavy atom. The van der Waals surface area contributed by atoms with Crippen LogP contribution in [0.2, 0.25) is 0 Å². The average molecular weight is 222 g/mol. The van der Waals surface area contributed by atoms with Gasteiger partial charge in [0.1, 0.15) is 0 Å². The van der Waals surface area contributed by atoms with E-state index >= 15 is 0 Å². The quantitative estimate of drug-likeness (QED) is 0.793. The number of halogens is 3. The summed E-state index contributed by atoms with van der Waals surface area (Å²) < 4.78 is 35.7. The maximum absolute atomic E-state index is 11.9. The minimum Gasteiger partial charge on any atom is -0.383 e. The average Bonchev–Trinajstić information content (AvgIpc) is 2.14. The second-order valence-electron chi connectivity index (χ2n) is 2.68. The lowest BCUT2D eigenvalue weighted by Gasteiger charge is -2.13. The van der Waals surface area contributed by atoms with E-state index in [-0.39, 0.29) is 5.75 Å². The van der Waals surface area contributed by atoms with Gasteiger partial charge in [-0.3, -0.25) is 0 Å². The largest absolute Gasteiger partial charge is 0.415 e. The van der Waals surface area contributed by atoms with E-state index in [1.807, 2.05) is 0 Å². The predicted molar refractivity (Wildman–Crippen MR) is 49.2 cm³/mol. The van der Waals surface area contributed by atoms with Gasteiger partial charge in [-0.1, -0.05) is 18.2 Å². The summed E-state index contributed by atoms with van der Waals surface area (Å²) in [7, 11) is 0. The van der Waals surface area contributed by atoms with Crippen molar-refractivity contribution in [3.05, 3.63) is 30.3 Å². The van der Waals surface area contributed by atoms with Gasteiger partial charge in [0.25, 0.3) is 0 Å². The van der Waals surface area contributed by atoms with E-state index in [4.69, 9.17) is 5.11 Å². The molecule has 14 heavy (non-hydrogen) atoms. The summed E-state index contributed by atoms with van der Waals surface area (Å²) >= 11 is 0.985. The van der Waals surface area contributed by atoms with Gasteiger partial charge in [-0.25, -0.2) is 0 Å². The first-order valence-electron chi connectivity index (χ1n) is 3.93. The van der Waals surface area contributed by atoms with Crippen LogP contribution in [-0.4, -0.2) is 23.1 Å². The number of alkyl halides is 3. The Hall–Kier alpha value is -0.680. The van der Waals surface area contributed by atoms with Gasteiger partial charge in [0.15, 0.2) is 6.10 Å². The Kier molecular flexibility index (Phi) is 3.83. The monoisotopic (exact) mass is 222 g/mol. The second kappa shape index (κ2) is 4.70. The lowest BCUT2D eigenvalue weighted by atomic mass is 10.4. The first-order chi connectivity index (χ1) is 6.50. The van der Waals surface area contributed by atoms with Crippen molar-refractivity contribution in [2.75, 3.05) is 5.75 Å². The highest BCUT2D eigenvalue weighted by molar-refractivity contribution is 7.99. The van der Waals surface area contributed by atoms with Gasteiger partial charge in [-0.05, 0) is 12.1 Å². The molecule has 1 N–H and O–H groups in total. The van der Waals surface area contributed by atoms with E-state index in [1.165, 1.54) is 0 Å². The van der Waals surface area contributed by atoms with Crippen LogP contribution in [0.4, 0.5) is 13.2 Å². The molecule has 0 aliphatic carbocycles. The fourth-order valence-corrected chi connectivity index (χ4v) is 1.68. The van der Waals surface area contributed by atoms with Crippen molar-refractivity contribution in [2.24, 2.45) is 0 Å². The Morgan fingerprint density at radius 2 is 1.79 bits per heavy atom. The highest BCUT2D eigenvalue weighted by Gasteiger charge is 2.37. The Balaban J connectivity index is 2.42. The molecule has 1 rings (SSSR count). The number of thioether (sulfide) groups is 1. The zero-order valence-electron chi connectivity index (χ0n) is 7.16. The van der Waals surface area contributed by atoms with Crippen LogP contribution in [0.3, 0.4) is 0 Å². The number of hydrogen-bond donors (Lipinski definition) is 1. The van der Waals surface area contributed by atoms with Crippen LogP contribution < -0.4 is 0 Å². The third-order valence-corrected chi connectivity index (χ3v) is 2.62. The van der Waals surface area contributed by atoms with Crippen LogP contribution in [0.1, 0.15) is 0 Å². The predicted octanol–water partition coefficient (Wildman–Crippen LogP) is 2.70. The van der Waals surface area contributed by atoms with E-state index in [2.05, 4.69) is 0 Å². The van der Waals surface area contributed by atoms with Crippen molar-refractivity contribution in [1.29, 1.82) is 0 Å². The summed E-state index contributed by atoms with van der Waals surface area (Å²) in [6, 6.07) is 8.66. The lowest BCUT2D eigenvalue weighted by Crippen LogP contribution is -2.30. The molecule has 1 aromatic rings. The third kappa shape index (κ3) is 3.59. The Morgan fingerprint density at radius 1 is 1.21 bits per heavy atom. The van der Waals surface area contributed by atoms with Crippen LogP contribution in [-0.2, 0) is 0 Å². The maximum Gasteiger partial charge on any atom is 0.415 e. The van der Waals surface area contributed by atoms with Gasteiger partial charge in [-0.15, -0.1) is 11.8 Å². The number of aliphatic hydroxyl groups excluding tert-OH is 1. The molecule has 0 saturated heterocycles. The zero-order chi connectivity index (χ0) is 10.6. The molecule has 0 radical (unpaired) electrons. The molecule has 1 nitrogen and oxygen atoms in total. The van der Waals surface area contributed by atoms with Crippen LogP contribution in [0, 0.1) is 0 Å².